The zero-order chi connectivity index (χ0) is 32.1. The monoisotopic (exact) mass is 636 g/mol. The fourth-order valence-electron chi connectivity index (χ4n) is 4.35. The van der Waals surface area contributed by atoms with E-state index in [4.69, 9.17) is 0 Å². The molecule has 234 valence electrons. The molecule has 2 unspecified atom stereocenters. The van der Waals surface area contributed by atoms with E-state index in [1.807, 2.05) is 0 Å². The van der Waals surface area contributed by atoms with Gasteiger partial charge in [0.25, 0.3) is 15.6 Å². The quantitative estimate of drug-likeness (QED) is 0.373. The third-order valence-corrected chi connectivity index (χ3v) is 8.61. The van der Waals surface area contributed by atoms with E-state index < -0.39 is 98.0 Å². The van der Waals surface area contributed by atoms with Crippen molar-refractivity contribution >= 4 is 21.6 Å². The van der Waals surface area contributed by atoms with Crippen LogP contribution in [0, 0.1) is 11.6 Å². The van der Waals surface area contributed by atoms with Gasteiger partial charge in [-0.25, -0.2) is 21.6 Å². The van der Waals surface area contributed by atoms with E-state index in [9.17, 15) is 62.9 Å². The third kappa shape index (κ3) is 6.32. The standard InChI is InChI=1S/C25H25F9N2O5S/c1-22(2,38)20(28)12-35-21(37)10-15-5-3-13-9-14(23(39,24(29,30)31)25(32,33)34)4-8-19(13)36(15)42(40,41)16-6-7-17(26)18(27)11-16/h4,6-9,11,15,20,38-39H,3,5,10,12H2,1-2H3,(H,35,37). The Kier molecular flexibility index (Phi) is 8.94. The van der Waals surface area contributed by atoms with Gasteiger partial charge in [-0.15, -0.1) is 0 Å². The second-order valence-corrected chi connectivity index (χ2v) is 12.1. The topological polar surface area (TPSA) is 107 Å². The van der Waals surface area contributed by atoms with Crippen molar-refractivity contribution in [3.8, 4) is 0 Å². The Morgan fingerprint density at radius 2 is 1.60 bits per heavy atom. The lowest BCUT2D eigenvalue weighted by Gasteiger charge is -2.39. The number of rotatable bonds is 8. The molecule has 7 nitrogen and oxygen atoms in total. The van der Waals surface area contributed by atoms with Gasteiger partial charge in [0.1, 0.15) is 6.17 Å². The van der Waals surface area contributed by atoms with Crippen LogP contribution in [-0.2, 0) is 26.8 Å². The molecule has 0 saturated heterocycles. The number of amides is 1. The van der Waals surface area contributed by atoms with Crippen molar-refractivity contribution in [2.24, 2.45) is 0 Å². The first kappa shape index (κ1) is 33.5. The van der Waals surface area contributed by atoms with Gasteiger partial charge in [0.15, 0.2) is 11.6 Å². The fraction of sp³-hybridized carbons (Fsp3) is 0.480. The minimum atomic E-state index is -6.22. The van der Waals surface area contributed by atoms with Crippen LogP contribution in [-0.4, -0.2) is 61.2 Å². The number of sulfonamides is 1. The van der Waals surface area contributed by atoms with Crippen LogP contribution in [0.25, 0.3) is 0 Å². The highest BCUT2D eigenvalue weighted by molar-refractivity contribution is 7.92. The summed E-state index contributed by atoms with van der Waals surface area (Å²) in [5.74, 6) is -3.93. The number of fused-ring (bicyclic) bond motifs is 1. The van der Waals surface area contributed by atoms with Crippen LogP contribution in [0.4, 0.5) is 45.2 Å². The molecule has 1 amide bonds. The molecule has 2 atom stereocenters. The molecule has 0 spiro atoms. The first-order chi connectivity index (χ1) is 19.0. The Morgan fingerprint density at radius 1 is 1.00 bits per heavy atom. The molecule has 0 aliphatic carbocycles. The minimum Gasteiger partial charge on any atom is -0.387 e. The van der Waals surface area contributed by atoms with E-state index in [1.54, 1.807) is 0 Å². The van der Waals surface area contributed by atoms with Crippen molar-refractivity contribution in [3.05, 3.63) is 59.2 Å². The van der Waals surface area contributed by atoms with Crippen molar-refractivity contribution in [2.45, 2.75) is 73.8 Å². The number of hydrogen-bond acceptors (Lipinski definition) is 5. The highest BCUT2D eigenvalue weighted by Gasteiger charge is 2.71. The second-order valence-electron chi connectivity index (χ2n) is 10.2. The Bertz CT molecular complexity index is 1430. The number of benzene rings is 2. The van der Waals surface area contributed by atoms with Gasteiger partial charge in [-0.1, -0.05) is 12.1 Å². The molecule has 42 heavy (non-hydrogen) atoms. The summed E-state index contributed by atoms with van der Waals surface area (Å²) >= 11 is 0. The molecule has 0 saturated carbocycles. The second kappa shape index (κ2) is 11.2. The molecular weight excluding hydrogens is 611 g/mol. The van der Waals surface area contributed by atoms with Gasteiger partial charge in [-0.05, 0) is 56.5 Å². The number of carbonyl (C=O) groups excluding carboxylic acids is 1. The average Bonchev–Trinajstić information content (AvgIpc) is 2.85. The number of nitrogens with one attached hydrogen (secondary N) is 1. The van der Waals surface area contributed by atoms with E-state index >= 15 is 0 Å². The normalized spacial score (nSPS) is 17.5. The summed E-state index contributed by atoms with van der Waals surface area (Å²) in [5, 5.41) is 21.6. The van der Waals surface area contributed by atoms with E-state index in [2.05, 4.69) is 5.32 Å². The summed E-state index contributed by atoms with van der Waals surface area (Å²) in [4.78, 5) is 11.7. The van der Waals surface area contributed by atoms with Crippen LogP contribution in [0.5, 0.6) is 0 Å². The SMILES string of the molecule is CC(C)(O)C(F)CNC(=O)CC1CCc2cc(C(O)(C(F)(F)F)C(F)(F)F)ccc2N1S(=O)(=O)c1ccc(F)c(F)c1. The number of halogens is 9. The maximum atomic E-state index is 14.1. The van der Waals surface area contributed by atoms with Crippen LogP contribution in [0.3, 0.4) is 0 Å². The largest absolute Gasteiger partial charge is 0.430 e. The highest BCUT2D eigenvalue weighted by Crippen LogP contribution is 2.51. The summed E-state index contributed by atoms with van der Waals surface area (Å²) in [6.07, 6.45) is -15.8. The van der Waals surface area contributed by atoms with Gasteiger partial charge in [-0.2, -0.15) is 26.3 Å². The third-order valence-electron chi connectivity index (χ3n) is 6.75. The first-order valence-electron chi connectivity index (χ1n) is 12.1. The maximum absolute atomic E-state index is 14.1. The van der Waals surface area contributed by atoms with Crippen molar-refractivity contribution in [1.82, 2.24) is 5.32 Å². The lowest BCUT2D eigenvalue weighted by molar-refractivity contribution is -0.376. The van der Waals surface area contributed by atoms with Crippen molar-refractivity contribution in [2.75, 3.05) is 10.8 Å². The Balaban J connectivity index is 2.10. The van der Waals surface area contributed by atoms with Gasteiger partial charge in [0.2, 0.25) is 5.91 Å². The van der Waals surface area contributed by atoms with Gasteiger partial charge in [0, 0.05) is 12.0 Å². The summed E-state index contributed by atoms with van der Waals surface area (Å²) < 4.78 is 150. The number of aryl methyl sites for hydroxylation is 1. The van der Waals surface area contributed by atoms with Crippen molar-refractivity contribution in [1.29, 1.82) is 0 Å². The lowest BCUT2D eigenvalue weighted by Crippen LogP contribution is -2.54. The first-order valence-corrected chi connectivity index (χ1v) is 13.6. The molecule has 0 bridgehead atoms. The molecule has 2 aromatic carbocycles. The molecule has 2 aromatic rings. The van der Waals surface area contributed by atoms with Crippen LogP contribution in [0.1, 0.15) is 37.8 Å². The van der Waals surface area contributed by atoms with Gasteiger partial charge >= 0.3 is 12.4 Å². The smallest absolute Gasteiger partial charge is 0.387 e. The molecule has 0 fully saturated rings. The summed E-state index contributed by atoms with van der Waals surface area (Å²) in [5.41, 5.74) is -9.68. The van der Waals surface area contributed by atoms with Gasteiger partial charge < -0.3 is 15.5 Å². The van der Waals surface area contributed by atoms with Crippen molar-refractivity contribution in [3.63, 3.8) is 0 Å². The highest BCUT2D eigenvalue weighted by atomic mass is 32.2. The van der Waals surface area contributed by atoms with Crippen LogP contribution < -0.4 is 9.62 Å². The lowest BCUT2D eigenvalue weighted by atomic mass is 9.87. The Hall–Kier alpha value is -3.05. The molecule has 1 heterocycles. The van der Waals surface area contributed by atoms with E-state index in [1.165, 1.54) is 0 Å². The minimum absolute atomic E-state index is 0.215. The number of alkyl halides is 7. The number of carbonyl (C=O) groups is 1. The van der Waals surface area contributed by atoms with E-state index in [0.717, 1.165) is 13.8 Å². The molecule has 17 heteroatoms. The molecule has 0 aromatic heterocycles. The Labute approximate surface area is 234 Å². The Morgan fingerprint density at radius 3 is 2.12 bits per heavy atom. The number of aliphatic hydroxyl groups is 2. The number of anilines is 1. The summed E-state index contributed by atoms with van der Waals surface area (Å²) in [6, 6.07) is 1.18. The number of nitrogens with zero attached hydrogens (tertiary/aromatic N) is 1. The predicted octanol–water partition coefficient (Wildman–Crippen LogP) is 4.40. The van der Waals surface area contributed by atoms with Crippen molar-refractivity contribution < 1.29 is 62.9 Å². The summed E-state index contributed by atoms with van der Waals surface area (Å²) in [6.45, 7) is 1.58. The van der Waals surface area contributed by atoms with Gasteiger partial charge in [-0.3, -0.25) is 9.10 Å². The number of hydrogen-bond donors (Lipinski definition) is 3. The van der Waals surface area contributed by atoms with Crippen LogP contribution >= 0.6 is 0 Å². The summed E-state index contributed by atoms with van der Waals surface area (Å²) in [7, 11) is -4.94. The molecule has 3 N–H and O–H groups in total. The van der Waals surface area contributed by atoms with E-state index in [0.29, 0.717) is 34.6 Å². The average molecular weight is 637 g/mol. The fourth-order valence-corrected chi connectivity index (χ4v) is 6.08. The molecule has 0 radical (unpaired) electrons. The molecule has 1 aliphatic heterocycles. The maximum Gasteiger partial charge on any atom is 0.430 e. The van der Waals surface area contributed by atoms with E-state index in [-0.39, 0.29) is 18.9 Å². The van der Waals surface area contributed by atoms with Crippen LogP contribution in [0.15, 0.2) is 41.3 Å². The predicted molar refractivity (Wildman–Crippen MR) is 129 cm³/mol. The molecule has 3 rings (SSSR count). The van der Waals surface area contributed by atoms with Crippen LogP contribution in [0.2, 0.25) is 0 Å². The zero-order valence-electron chi connectivity index (χ0n) is 21.8. The zero-order valence-corrected chi connectivity index (χ0v) is 22.6. The van der Waals surface area contributed by atoms with Gasteiger partial charge in [0.05, 0.1) is 28.8 Å². The molecule has 1 aliphatic rings. The molecular formula is C25H25F9N2O5S.